The molecule has 0 spiro atoms. The summed E-state index contributed by atoms with van der Waals surface area (Å²) in [4.78, 5) is 22.3. The van der Waals surface area contributed by atoms with Crippen molar-refractivity contribution in [3.63, 3.8) is 0 Å². The number of ether oxygens (including phenoxy) is 3. The summed E-state index contributed by atoms with van der Waals surface area (Å²) in [5, 5.41) is 2.50. The van der Waals surface area contributed by atoms with Gasteiger partial charge in [-0.3, -0.25) is 4.79 Å². The van der Waals surface area contributed by atoms with Crippen LogP contribution in [0.1, 0.15) is 31.2 Å². The van der Waals surface area contributed by atoms with Crippen LogP contribution in [0.2, 0.25) is 0 Å². The Bertz CT molecular complexity index is 566. The molecular weight excluding hydrogens is 380 g/mol. The molecule has 1 aromatic carbocycles. The molecule has 0 aliphatic heterocycles. The smallest absolute Gasteiger partial charge is 0.312 e. The maximum absolute atomic E-state index is 11.8. The number of amides is 2. The number of primary amides is 1. The number of hydrogen-bond donors (Lipinski definition) is 2. The van der Waals surface area contributed by atoms with E-state index in [9.17, 15) is 9.59 Å². The van der Waals surface area contributed by atoms with Crippen molar-refractivity contribution in [3.05, 3.63) is 22.2 Å². The Morgan fingerprint density at radius 2 is 1.79 bits per heavy atom. The van der Waals surface area contributed by atoms with Crippen LogP contribution < -0.4 is 20.5 Å². The molecule has 0 aliphatic rings. The Kier molecular flexibility index (Phi) is 8.99. The SMILES string of the molecule is COc1cc(Br)c(COC(=O)CCCCCNC(N)=O)cc1OC. The van der Waals surface area contributed by atoms with Crippen molar-refractivity contribution in [1.29, 1.82) is 0 Å². The number of unbranched alkanes of at least 4 members (excludes halogenated alkanes) is 2. The Morgan fingerprint density at radius 1 is 1.12 bits per heavy atom. The van der Waals surface area contributed by atoms with Crippen LogP contribution in [0, 0.1) is 0 Å². The van der Waals surface area contributed by atoms with Crippen molar-refractivity contribution >= 4 is 27.9 Å². The van der Waals surface area contributed by atoms with E-state index < -0.39 is 6.03 Å². The first-order valence-electron chi connectivity index (χ1n) is 7.57. The van der Waals surface area contributed by atoms with E-state index in [4.69, 9.17) is 19.9 Å². The zero-order valence-electron chi connectivity index (χ0n) is 13.9. The Balaban J connectivity index is 2.35. The maximum Gasteiger partial charge on any atom is 0.312 e. The molecule has 24 heavy (non-hydrogen) atoms. The zero-order valence-corrected chi connectivity index (χ0v) is 15.5. The third-order valence-electron chi connectivity index (χ3n) is 3.30. The molecule has 0 saturated heterocycles. The van der Waals surface area contributed by atoms with E-state index in [-0.39, 0.29) is 12.6 Å². The van der Waals surface area contributed by atoms with Gasteiger partial charge in [0, 0.05) is 23.0 Å². The molecule has 134 valence electrons. The minimum Gasteiger partial charge on any atom is -0.493 e. The van der Waals surface area contributed by atoms with E-state index in [2.05, 4.69) is 21.2 Å². The molecule has 2 amide bonds. The normalized spacial score (nSPS) is 10.1. The quantitative estimate of drug-likeness (QED) is 0.462. The highest BCUT2D eigenvalue weighted by atomic mass is 79.9. The largest absolute Gasteiger partial charge is 0.493 e. The highest BCUT2D eigenvalue weighted by molar-refractivity contribution is 9.10. The van der Waals surface area contributed by atoms with Crippen LogP contribution >= 0.6 is 15.9 Å². The van der Waals surface area contributed by atoms with E-state index in [0.717, 1.165) is 22.9 Å². The van der Waals surface area contributed by atoms with Crippen LogP contribution in [0.4, 0.5) is 4.79 Å². The molecule has 0 unspecified atom stereocenters. The molecule has 1 rings (SSSR count). The highest BCUT2D eigenvalue weighted by Gasteiger charge is 2.11. The number of benzene rings is 1. The van der Waals surface area contributed by atoms with Gasteiger partial charge >= 0.3 is 12.0 Å². The van der Waals surface area contributed by atoms with Crippen LogP contribution in [0.25, 0.3) is 0 Å². The summed E-state index contributed by atoms with van der Waals surface area (Å²) in [5.41, 5.74) is 5.75. The second-order valence-electron chi connectivity index (χ2n) is 5.06. The average Bonchev–Trinajstić information content (AvgIpc) is 2.56. The summed E-state index contributed by atoms with van der Waals surface area (Å²) in [5.74, 6) is 0.914. The molecule has 0 aliphatic carbocycles. The van der Waals surface area contributed by atoms with Crippen LogP contribution in [-0.2, 0) is 16.1 Å². The monoisotopic (exact) mass is 402 g/mol. The van der Waals surface area contributed by atoms with Gasteiger partial charge in [-0.05, 0) is 25.0 Å². The number of hydrogen-bond acceptors (Lipinski definition) is 5. The van der Waals surface area contributed by atoms with Gasteiger partial charge in [-0.2, -0.15) is 0 Å². The van der Waals surface area contributed by atoms with Crippen molar-refractivity contribution < 1.29 is 23.8 Å². The Morgan fingerprint density at radius 3 is 2.42 bits per heavy atom. The van der Waals surface area contributed by atoms with Crippen molar-refractivity contribution in [1.82, 2.24) is 5.32 Å². The summed E-state index contributed by atoms with van der Waals surface area (Å²) in [7, 11) is 3.11. The maximum atomic E-state index is 11.8. The number of nitrogens with one attached hydrogen (secondary N) is 1. The summed E-state index contributed by atoms with van der Waals surface area (Å²) in [6.45, 7) is 0.673. The topological polar surface area (TPSA) is 99.9 Å². The van der Waals surface area contributed by atoms with E-state index in [1.54, 1.807) is 26.4 Å². The average molecular weight is 403 g/mol. The number of rotatable bonds is 10. The minimum atomic E-state index is -0.532. The van der Waals surface area contributed by atoms with Gasteiger partial charge in [0.2, 0.25) is 0 Å². The molecule has 0 heterocycles. The van der Waals surface area contributed by atoms with Gasteiger partial charge in [0.05, 0.1) is 14.2 Å². The second kappa shape index (κ2) is 10.7. The molecule has 0 aromatic heterocycles. The molecule has 3 N–H and O–H groups in total. The fraction of sp³-hybridized carbons (Fsp3) is 0.500. The van der Waals surface area contributed by atoms with Gasteiger partial charge < -0.3 is 25.3 Å². The third kappa shape index (κ3) is 7.08. The van der Waals surface area contributed by atoms with Gasteiger partial charge in [0.1, 0.15) is 6.61 Å². The predicted molar refractivity (Wildman–Crippen MR) is 93.1 cm³/mol. The predicted octanol–water partition coefficient (Wildman–Crippen LogP) is 2.74. The lowest BCUT2D eigenvalue weighted by Crippen LogP contribution is -2.29. The summed E-state index contributed by atoms with van der Waals surface area (Å²) in [6, 6.07) is 3.01. The second-order valence-corrected chi connectivity index (χ2v) is 5.92. The molecule has 8 heteroatoms. The standard InChI is InChI=1S/C16H23BrN2O5/c1-22-13-8-11(12(17)9-14(13)23-2)10-24-15(20)6-4-3-5-7-19-16(18)21/h8-9H,3-7,10H2,1-2H3,(H3,18,19,21). The fourth-order valence-corrected chi connectivity index (χ4v) is 2.46. The molecular formula is C16H23BrN2O5. The van der Waals surface area contributed by atoms with Gasteiger partial charge in [-0.25, -0.2) is 4.79 Å². The van der Waals surface area contributed by atoms with E-state index in [1.165, 1.54) is 0 Å². The first-order chi connectivity index (χ1) is 11.5. The lowest BCUT2D eigenvalue weighted by Gasteiger charge is -2.12. The number of carbonyl (C=O) groups excluding carboxylic acids is 2. The van der Waals surface area contributed by atoms with Gasteiger partial charge in [0.15, 0.2) is 11.5 Å². The van der Waals surface area contributed by atoms with Crippen molar-refractivity contribution in [2.24, 2.45) is 5.73 Å². The summed E-state index contributed by atoms with van der Waals surface area (Å²) < 4.78 is 16.5. The molecule has 1 aromatic rings. The third-order valence-corrected chi connectivity index (χ3v) is 4.04. The van der Waals surface area contributed by atoms with Crippen molar-refractivity contribution in [2.45, 2.75) is 32.3 Å². The van der Waals surface area contributed by atoms with E-state index >= 15 is 0 Å². The van der Waals surface area contributed by atoms with Crippen LogP contribution in [-0.4, -0.2) is 32.8 Å². The van der Waals surface area contributed by atoms with E-state index in [0.29, 0.717) is 30.9 Å². The Hall–Kier alpha value is -1.96. The van der Waals surface area contributed by atoms with Gasteiger partial charge in [-0.1, -0.05) is 22.4 Å². The number of halogens is 1. The fourth-order valence-electron chi connectivity index (χ4n) is 2.02. The lowest BCUT2D eigenvalue weighted by molar-refractivity contribution is -0.145. The number of esters is 1. The zero-order chi connectivity index (χ0) is 17.9. The molecule has 0 bridgehead atoms. The van der Waals surface area contributed by atoms with Crippen LogP contribution in [0.5, 0.6) is 11.5 Å². The van der Waals surface area contributed by atoms with Crippen molar-refractivity contribution in [3.8, 4) is 11.5 Å². The molecule has 7 nitrogen and oxygen atoms in total. The van der Waals surface area contributed by atoms with Crippen molar-refractivity contribution in [2.75, 3.05) is 20.8 Å². The number of carbonyl (C=O) groups is 2. The first-order valence-corrected chi connectivity index (χ1v) is 8.36. The first kappa shape index (κ1) is 20.1. The van der Waals surface area contributed by atoms with Gasteiger partial charge in [0.25, 0.3) is 0 Å². The molecule has 0 saturated carbocycles. The molecule has 0 fully saturated rings. The molecule has 0 atom stereocenters. The van der Waals surface area contributed by atoms with Crippen LogP contribution in [0.15, 0.2) is 16.6 Å². The summed E-state index contributed by atoms with van der Waals surface area (Å²) >= 11 is 3.42. The molecule has 0 radical (unpaired) electrons. The number of methoxy groups -OCH3 is 2. The van der Waals surface area contributed by atoms with Crippen LogP contribution in [0.3, 0.4) is 0 Å². The Labute approximate surface area is 150 Å². The van der Waals surface area contributed by atoms with E-state index in [1.807, 2.05) is 0 Å². The number of nitrogens with two attached hydrogens (primary N) is 1. The van der Waals surface area contributed by atoms with Gasteiger partial charge in [-0.15, -0.1) is 0 Å². The summed E-state index contributed by atoms with van der Waals surface area (Å²) in [6.07, 6.45) is 2.63. The number of urea groups is 1. The lowest BCUT2D eigenvalue weighted by atomic mass is 10.2. The highest BCUT2D eigenvalue weighted by Crippen LogP contribution is 2.33. The minimum absolute atomic E-state index is 0.156.